The number of methoxy groups -OCH3 is 1. The molecule has 0 amide bonds. The highest BCUT2D eigenvalue weighted by Gasteiger charge is 2.30. The van der Waals surface area contributed by atoms with Gasteiger partial charge in [0, 0.05) is 23.1 Å². The average Bonchev–Trinajstić information content (AvgIpc) is 2.76. The quantitative estimate of drug-likeness (QED) is 0.804. The molecule has 0 spiro atoms. The predicted octanol–water partition coefficient (Wildman–Crippen LogP) is 3.61. The van der Waals surface area contributed by atoms with Gasteiger partial charge in [-0.05, 0) is 40.9 Å². The van der Waals surface area contributed by atoms with Gasteiger partial charge < -0.3 is 15.2 Å². The smallest absolute Gasteiger partial charge is 0.137 e. The zero-order valence-corrected chi connectivity index (χ0v) is 14.2. The minimum Gasteiger partial charge on any atom is -0.495 e. The SMILES string of the molecule is COc1c(Br)cc(Br)cc1CNCC1(O)CCCC1. The Morgan fingerprint density at radius 2 is 2.00 bits per heavy atom. The summed E-state index contributed by atoms with van der Waals surface area (Å²) in [5.74, 6) is 0.842. The van der Waals surface area contributed by atoms with Crippen LogP contribution in [0.15, 0.2) is 21.1 Å². The lowest BCUT2D eigenvalue weighted by Gasteiger charge is -2.23. The second kappa shape index (κ2) is 6.57. The molecule has 19 heavy (non-hydrogen) atoms. The molecule has 1 aromatic carbocycles. The number of aliphatic hydroxyl groups is 1. The minimum atomic E-state index is -0.517. The first-order valence-corrected chi connectivity index (χ1v) is 8.08. The Kier molecular flexibility index (Phi) is 5.29. The van der Waals surface area contributed by atoms with E-state index in [4.69, 9.17) is 4.74 Å². The molecule has 0 aromatic heterocycles. The third-order valence-electron chi connectivity index (χ3n) is 3.59. The number of nitrogens with one attached hydrogen (secondary N) is 1. The number of hydrogen-bond donors (Lipinski definition) is 2. The molecule has 1 saturated carbocycles. The highest BCUT2D eigenvalue weighted by molar-refractivity contribution is 9.11. The third kappa shape index (κ3) is 3.94. The van der Waals surface area contributed by atoms with Crippen LogP contribution in [0.2, 0.25) is 0 Å². The van der Waals surface area contributed by atoms with Gasteiger partial charge in [0.05, 0.1) is 17.2 Å². The van der Waals surface area contributed by atoms with Gasteiger partial charge in [0.25, 0.3) is 0 Å². The van der Waals surface area contributed by atoms with E-state index in [1.807, 2.05) is 12.1 Å². The summed E-state index contributed by atoms with van der Waals surface area (Å²) in [6.45, 7) is 1.32. The van der Waals surface area contributed by atoms with Gasteiger partial charge in [-0.15, -0.1) is 0 Å². The van der Waals surface area contributed by atoms with Crippen molar-refractivity contribution in [3.8, 4) is 5.75 Å². The Labute approximate surface area is 131 Å². The fourth-order valence-corrected chi connectivity index (χ4v) is 4.09. The highest BCUT2D eigenvalue weighted by Crippen LogP contribution is 2.33. The van der Waals surface area contributed by atoms with Crippen molar-refractivity contribution < 1.29 is 9.84 Å². The summed E-state index contributed by atoms with van der Waals surface area (Å²) in [7, 11) is 1.67. The lowest BCUT2D eigenvalue weighted by Crippen LogP contribution is -2.37. The lowest BCUT2D eigenvalue weighted by atomic mass is 10.0. The van der Waals surface area contributed by atoms with Crippen LogP contribution in [-0.4, -0.2) is 24.4 Å². The molecule has 2 N–H and O–H groups in total. The summed E-state index contributed by atoms with van der Waals surface area (Å²) in [4.78, 5) is 0. The maximum atomic E-state index is 10.3. The van der Waals surface area contributed by atoms with Gasteiger partial charge in [0.15, 0.2) is 0 Å². The fourth-order valence-electron chi connectivity index (χ4n) is 2.61. The molecule has 1 aliphatic rings. The maximum absolute atomic E-state index is 10.3. The number of halogens is 2. The first-order chi connectivity index (χ1) is 9.04. The zero-order chi connectivity index (χ0) is 13.9. The number of benzene rings is 1. The second-order valence-corrected chi connectivity index (χ2v) is 6.88. The van der Waals surface area contributed by atoms with Crippen molar-refractivity contribution in [2.24, 2.45) is 0 Å². The average molecular weight is 393 g/mol. The monoisotopic (exact) mass is 391 g/mol. The number of rotatable bonds is 5. The van der Waals surface area contributed by atoms with E-state index in [1.165, 1.54) is 0 Å². The van der Waals surface area contributed by atoms with Crippen LogP contribution in [-0.2, 0) is 6.54 Å². The van der Waals surface area contributed by atoms with Gasteiger partial charge >= 0.3 is 0 Å². The van der Waals surface area contributed by atoms with Crippen molar-refractivity contribution in [3.63, 3.8) is 0 Å². The molecule has 0 saturated heterocycles. The Morgan fingerprint density at radius 3 is 2.63 bits per heavy atom. The van der Waals surface area contributed by atoms with Crippen LogP contribution in [0.5, 0.6) is 5.75 Å². The largest absolute Gasteiger partial charge is 0.495 e. The molecule has 0 radical (unpaired) electrons. The Morgan fingerprint density at radius 1 is 1.32 bits per heavy atom. The molecule has 0 heterocycles. The van der Waals surface area contributed by atoms with Crippen LogP contribution < -0.4 is 10.1 Å². The van der Waals surface area contributed by atoms with Crippen molar-refractivity contribution in [2.75, 3.05) is 13.7 Å². The van der Waals surface area contributed by atoms with Crippen molar-refractivity contribution in [3.05, 3.63) is 26.6 Å². The number of hydrogen-bond acceptors (Lipinski definition) is 3. The predicted molar refractivity (Wildman–Crippen MR) is 83.5 cm³/mol. The van der Waals surface area contributed by atoms with Gasteiger partial charge in [0.1, 0.15) is 5.75 Å². The summed E-state index contributed by atoms with van der Waals surface area (Å²) >= 11 is 6.98. The Balaban J connectivity index is 1.99. The third-order valence-corrected chi connectivity index (χ3v) is 4.64. The maximum Gasteiger partial charge on any atom is 0.137 e. The van der Waals surface area contributed by atoms with Crippen LogP contribution in [0.4, 0.5) is 0 Å². The summed E-state index contributed by atoms with van der Waals surface area (Å²) in [5, 5.41) is 13.6. The zero-order valence-electron chi connectivity index (χ0n) is 11.0. The van der Waals surface area contributed by atoms with E-state index in [-0.39, 0.29) is 0 Å². The van der Waals surface area contributed by atoms with Gasteiger partial charge in [-0.25, -0.2) is 0 Å². The molecule has 5 heteroatoms. The molecule has 0 atom stereocenters. The van der Waals surface area contributed by atoms with Crippen molar-refractivity contribution >= 4 is 31.9 Å². The molecule has 0 bridgehead atoms. The van der Waals surface area contributed by atoms with Crippen LogP contribution in [0.1, 0.15) is 31.2 Å². The molecule has 1 aromatic rings. The summed E-state index contributed by atoms with van der Waals surface area (Å²) in [6, 6.07) is 4.00. The molecule has 0 aliphatic heterocycles. The molecule has 3 nitrogen and oxygen atoms in total. The molecule has 106 valence electrons. The van der Waals surface area contributed by atoms with Crippen LogP contribution in [0.25, 0.3) is 0 Å². The highest BCUT2D eigenvalue weighted by atomic mass is 79.9. The van der Waals surface area contributed by atoms with Crippen LogP contribution in [0, 0.1) is 0 Å². The Hall–Kier alpha value is -0.100. The first kappa shape index (κ1) is 15.3. The normalized spacial score (nSPS) is 17.7. The first-order valence-electron chi connectivity index (χ1n) is 6.49. The van der Waals surface area contributed by atoms with Gasteiger partial charge in [-0.2, -0.15) is 0 Å². The molecule has 0 unspecified atom stereocenters. The summed E-state index contributed by atoms with van der Waals surface area (Å²) in [5.41, 5.74) is 0.557. The van der Waals surface area contributed by atoms with E-state index in [0.717, 1.165) is 45.9 Å². The van der Waals surface area contributed by atoms with E-state index >= 15 is 0 Å². The number of ether oxygens (including phenoxy) is 1. The second-order valence-electron chi connectivity index (χ2n) is 5.11. The topological polar surface area (TPSA) is 41.5 Å². The van der Waals surface area contributed by atoms with Crippen LogP contribution in [0.3, 0.4) is 0 Å². The van der Waals surface area contributed by atoms with E-state index in [1.54, 1.807) is 7.11 Å². The van der Waals surface area contributed by atoms with Gasteiger partial charge in [-0.3, -0.25) is 0 Å². The summed E-state index contributed by atoms with van der Waals surface area (Å²) < 4.78 is 7.35. The molecule has 2 rings (SSSR count). The standard InChI is InChI=1S/C14H19Br2NO2/c1-19-13-10(6-11(15)7-12(13)16)8-17-9-14(18)4-2-3-5-14/h6-7,17-18H,2-5,8-9H2,1H3. The minimum absolute atomic E-state index is 0.517. The van der Waals surface area contributed by atoms with E-state index < -0.39 is 5.60 Å². The molecular weight excluding hydrogens is 374 g/mol. The summed E-state index contributed by atoms with van der Waals surface area (Å²) in [6.07, 6.45) is 4.06. The lowest BCUT2D eigenvalue weighted by molar-refractivity contribution is 0.0474. The van der Waals surface area contributed by atoms with E-state index in [0.29, 0.717) is 13.1 Å². The van der Waals surface area contributed by atoms with Gasteiger partial charge in [-0.1, -0.05) is 28.8 Å². The van der Waals surface area contributed by atoms with Gasteiger partial charge in [0.2, 0.25) is 0 Å². The molecule has 1 aliphatic carbocycles. The van der Waals surface area contributed by atoms with Crippen molar-refractivity contribution in [1.82, 2.24) is 5.32 Å². The van der Waals surface area contributed by atoms with E-state index in [2.05, 4.69) is 37.2 Å². The van der Waals surface area contributed by atoms with Crippen molar-refractivity contribution in [2.45, 2.75) is 37.8 Å². The Bertz CT molecular complexity index is 445. The van der Waals surface area contributed by atoms with Crippen LogP contribution >= 0.6 is 31.9 Å². The molecular formula is C14H19Br2NO2. The van der Waals surface area contributed by atoms with Crippen molar-refractivity contribution in [1.29, 1.82) is 0 Å². The fraction of sp³-hybridized carbons (Fsp3) is 0.571. The van der Waals surface area contributed by atoms with E-state index in [9.17, 15) is 5.11 Å². The molecule has 1 fully saturated rings.